The van der Waals surface area contributed by atoms with Gasteiger partial charge in [0.05, 0.1) is 20.6 Å². The standard InChI is InChI=1S/C44H87NO4/c1-5-7-9-11-13-15-17-19-21-23-24-26-28-30-32-34-37-42(41-45(3,4)40-36-38-43(46)47)49-44(48)39-35-33-31-29-27-25-22-20-18-16-14-12-10-8-6-2/h42H,5-41H2,1-4H3. The molecule has 1 atom stereocenters. The van der Waals surface area contributed by atoms with Crippen LogP contribution < -0.4 is 5.11 Å². The van der Waals surface area contributed by atoms with E-state index in [9.17, 15) is 14.7 Å². The average Bonchev–Trinajstić information content (AvgIpc) is 3.05. The fourth-order valence-electron chi connectivity index (χ4n) is 7.29. The number of hydrogen-bond donors (Lipinski definition) is 0. The van der Waals surface area contributed by atoms with Crippen LogP contribution in [0.1, 0.15) is 239 Å². The van der Waals surface area contributed by atoms with E-state index in [1.807, 2.05) is 0 Å². The van der Waals surface area contributed by atoms with Gasteiger partial charge in [0.25, 0.3) is 0 Å². The average molecular weight is 694 g/mol. The van der Waals surface area contributed by atoms with Crippen molar-refractivity contribution in [1.82, 2.24) is 0 Å². The molecule has 0 N–H and O–H groups in total. The summed E-state index contributed by atoms with van der Waals surface area (Å²) < 4.78 is 6.74. The van der Waals surface area contributed by atoms with Crippen molar-refractivity contribution in [2.24, 2.45) is 0 Å². The van der Waals surface area contributed by atoms with Gasteiger partial charge < -0.3 is 19.1 Å². The zero-order valence-electron chi connectivity index (χ0n) is 33.8. The maximum absolute atomic E-state index is 12.8. The lowest BCUT2D eigenvalue weighted by molar-refractivity contribution is -0.893. The summed E-state index contributed by atoms with van der Waals surface area (Å²) in [6, 6.07) is 0. The van der Waals surface area contributed by atoms with Gasteiger partial charge in [0, 0.05) is 18.8 Å². The van der Waals surface area contributed by atoms with Crippen LogP contribution in [0.15, 0.2) is 0 Å². The van der Waals surface area contributed by atoms with Crippen LogP contribution in [-0.4, -0.2) is 49.7 Å². The van der Waals surface area contributed by atoms with E-state index in [1.165, 1.54) is 180 Å². The van der Waals surface area contributed by atoms with Gasteiger partial charge in [-0.05, 0) is 25.7 Å². The molecule has 0 amide bonds. The molecule has 49 heavy (non-hydrogen) atoms. The van der Waals surface area contributed by atoms with Crippen LogP contribution in [0, 0.1) is 0 Å². The molecular weight excluding hydrogens is 606 g/mol. The van der Waals surface area contributed by atoms with Crippen LogP contribution in [0.25, 0.3) is 0 Å². The summed E-state index contributed by atoms with van der Waals surface area (Å²) in [5.41, 5.74) is 0. The van der Waals surface area contributed by atoms with E-state index in [2.05, 4.69) is 27.9 Å². The number of unbranched alkanes of at least 4 members (excludes halogenated alkanes) is 29. The molecule has 0 radical (unpaired) electrons. The number of carboxylic acid groups (broad SMARTS) is 1. The number of carbonyl (C=O) groups excluding carboxylic acids is 2. The molecule has 0 rings (SSSR count). The van der Waals surface area contributed by atoms with Gasteiger partial charge in [-0.3, -0.25) is 4.79 Å². The van der Waals surface area contributed by atoms with Crippen LogP contribution in [0.5, 0.6) is 0 Å². The summed E-state index contributed by atoms with van der Waals surface area (Å²) in [6.45, 7) is 6.06. The molecule has 5 nitrogen and oxygen atoms in total. The van der Waals surface area contributed by atoms with Crippen molar-refractivity contribution in [3.63, 3.8) is 0 Å². The topological polar surface area (TPSA) is 66.4 Å². The second-order valence-electron chi connectivity index (χ2n) is 16.2. The maximum atomic E-state index is 12.8. The Morgan fingerprint density at radius 2 is 0.796 bits per heavy atom. The lowest BCUT2D eigenvalue weighted by Crippen LogP contribution is -2.47. The number of likely N-dealkylation sites (N-methyl/N-ethyl adjacent to an activating group) is 1. The molecular formula is C44H87NO4. The fraction of sp³-hybridized carbons (Fsp3) is 0.955. The highest BCUT2D eigenvalue weighted by atomic mass is 16.5. The van der Waals surface area contributed by atoms with Gasteiger partial charge in [-0.2, -0.15) is 0 Å². The summed E-state index contributed by atoms with van der Waals surface area (Å²) in [5, 5.41) is 10.9. The third-order valence-corrected chi connectivity index (χ3v) is 10.5. The minimum Gasteiger partial charge on any atom is -0.550 e. The molecule has 0 aromatic rings. The number of nitrogens with zero attached hydrogens (tertiary/aromatic N) is 1. The van der Waals surface area contributed by atoms with Crippen molar-refractivity contribution in [1.29, 1.82) is 0 Å². The van der Waals surface area contributed by atoms with E-state index >= 15 is 0 Å². The Morgan fingerprint density at radius 1 is 0.469 bits per heavy atom. The Balaban J connectivity index is 4.10. The molecule has 0 aromatic carbocycles. The Bertz CT molecular complexity index is 709. The number of aliphatic carboxylic acids is 1. The number of ether oxygens (including phenoxy) is 1. The third kappa shape index (κ3) is 38.0. The van der Waals surface area contributed by atoms with Crippen molar-refractivity contribution < 1.29 is 23.9 Å². The molecule has 0 saturated carbocycles. The number of carbonyl (C=O) groups is 2. The highest BCUT2D eigenvalue weighted by molar-refractivity contribution is 5.69. The predicted molar refractivity (Wildman–Crippen MR) is 210 cm³/mol. The van der Waals surface area contributed by atoms with Gasteiger partial charge >= 0.3 is 5.97 Å². The van der Waals surface area contributed by atoms with Crippen molar-refractivity contribution in [2.75, 3.05) is 27.2 Å². The smallest absolute Gasteiger partial charge is 0.306 e. The zero-order valence-corrected chi connectivity index (χ0v) is 33.8. The summed E-state index contributed by atoms with van der Waals surface area (Å²) in [5.74, 6) is -1.04. The molecule has 0 aromatic heterocycles. The van der Waals surface area contributed by atoms with E-state index in [1.54, 1.807) is 0 Å². The minimum absolute atomic E-state index is 0.0501. The molecule has 0 heterocycles. The number of hydrogen-bond acceptors (Lipinski definition) is 4. The van der Waals surface area contributed by atoms with Crippen LogP contribution in [0.3, 0.4) is 0 Å². The van der Waals surface area contributed by atoms with Gasteiger partial charge in [0.1, 0.15) is 6.54 Å². The Labute approximate surface area is 307 Å². The summed E-state index contributed by atoms with van der Waals surface area (Å²) in [6.07, 6.45) is 43.5. The van der Waals surface area contributed by atoms with Crippen molar-refractivity contribution in [3.8, 4) is 0 Å². The highest BCUT2D eigenvalue weighted by Gasteiger charge is 2.24. The van der Waals surface area contributed by atoms with Gasteiger partial charge in [-0.15, -0.1) is 0 Å². The first-order valence-electron chi connectivity index (χ1n) is 22.0. The Morgan fingerprint density at radius 3 is 1.14 bits per heavy atom. The Hall–Kier alpha value is -1.10. The summed E-state index contributed by atoms with van der Waals surface area (Å²) in [7, 11) is 4.25. The largest absolute Gasteiger partial charge is 0.550 e. The lowest BCUT2D eigenvalue weighted by Gasteiger charge is -2.33. The van der Waals surface area contributed by atoms with Crippen molar-refractivity contribution >= 4 is 11.9 Å². The fourth-order valence-corrected chi connectivity index (χ4v) is 7.29. The SMILES string of the molecule is CCCCCCCCCCCCCCCCCCC(C[N+](C)(C)CCCC(=O)[O-])OC(=O)CCCCCCCCCCCCCCCCC. The summed E-state index contributed by atoms with van der Waals surface area (Å²) in [4.78, 5) is 23.8. The number of esters is 1. The number of rotatable bonds is 40. The molecule has 1 unspecified atom stereocenters. The van der Waals surface area contributed by atoms with Gasteiger partial charge in [0.2, 0.25) is 0 Å². The van der Waals surface area contributed by atoms with Gasteiger partial charge in [-0.1, -0.05) is 200 Å². The second-order valence-corrected chi connectivity index (χ2v) is 16.2. The molecule has 0 fully saturated rings. The van der Waals surface area contributed by atoms with E-state index in [4.69, 9.17) is 4.74 Å². The molecule has 0 aliphatic rings. The van der Waals surface area contributed by atoms with Crippen molar-refractivity contribution in [3.05, 3.63) is 0 Å². The van der Waals surface area contributed by atoms with Crippen molar-refractivity contribution in [2.45, 2.75) is 245 Å². The first-order chi connectivity index (χ1) is 23.8. The van der Waals surface area contributed by atoms with E-state index in [0.717, 1.165) is 38.8 Å². The minimum atomic E-state index is -0.986. The first kappa shape index (κ1) is 47.9. The normalized spacial score (nSPS) is 12.4. The molecule has 0 spiro atoms. The predicted octanol–water partition coefficient (Wildman–Crippen LogP) is 12.4. The maximum Gasteiger partial charge on any atom is 0.306 e. The van der Waals surface area contributed by atoms with Crippen LogP contribution >= 0.6 is 0 Å². The van der Waals surface area contributed by atoms with Crippen LogP contribution in [-0.2, 0) is 14.3 Å². The quantitative estimate of drug-likeness (QED) is 0.0364. The summed E-state index contributed by atoms with van der Waals surface area (Å²) >= 11 is 0. The van der Waals surface area contributed by atoms with Gasteiger partial charge in [-0.25, -0.2) is 0 Å². The third-order valence-electron chi connectivity index (χ3n) is 10.5. The van der Waals surface area contributed by atoms with E-state index in [-0.39, 0.29) is 18.5 Å². The molecule has 0 bridgehead atoms. The van der Waals surface area contributed by atoms with Crippen LogP contribution in [0.2, 0.25) is 0 Å². The molecule has 292 valence electrons. The van der Waals surface area contributed by atoms with E-state index < -0.39 is 5.97 Å². The number of quaternary nitrogens is 1. The molecule has 0 aliphatic heterocycles. The monoisotopic (exact) mass is 694 g/mol. The zero-order chi connectivity index (χ0) is 36.1. The highest BCUT2D eigenvalue weighted by Crippen LogP contribution is 2.18. The van der Waals surface area contributed by atoms with Crippen LogP contribution in [0.4, 0.5) is 0 Å². The molecule has 0 aliphatic carbocycles. The molecule has 5 heteroatoms. The van der Waals surface area contributed by atoms with E-state index in [0.29, 0.717) is 17.3 Å². The Kier molecular flexibility index (Phi) is 35.9. The van der Waals surface area contributed by atoms with Gasteiger partial charge in [0.15, 0.2) is 6.10 Å². The lowest BCUT2D eigenvalue weighted by atomic mass is 10.0. The first-order valence-corrected chi connectivity index (χ1v) is 22.0. The molecule has 0 saturated heterocycles. The number of carboxylic acids is 1. The second kappa shape index (κ2) is 36.7.